The van der Waals surface area contributed by atoms with E-state index < -0.39 is 0 Å². The Balaban J connectivity index is 3.18. The zero-order valence-corrected chi connectivity index (χ0v) is 8.58. The van der Waals surface area contributed by atoms with Crippen LogP contribution in [0.5, 0.6) is 0 Å². The van der Waals surface area contributed by atoms with Crippen molar-refractivity contribution < 1.29 is 0 Å². The fraction of sp³-hybridized carbons (Fsp3) is 0.500. The first-order valence-corrected chi connectivity index (χ1v) is 4.68. The van der Waals surface area contributed by atoms with Gasteiger partial charge in [-0.15, -0.1) is 11.6 Å². The van der Waals surface area contributed by atoms with E-state index in [1.165, 1.54) is 0 Å². The van der Waals surface area contributed by atoms with E-state index in [0.29, 0.717) is 16.9 Å². The average Bonchev–Trinajstić information content (AvgIpc) is 2.03. The van der Waals surface area contributed by atoms with Gasteiger partial charge in [0.05, 0.1) is 5.88 Å². The van der Waals surface area contributed by atoms with Crippen molar-refractivity contribution in [1.82, 2.24) is 9.97 Å². The monoisotopic (exact) mass is 204 g/mol. The van der Waals surface area contributed by atoms with Crippen LogP contribution in [0.25, 0.3) is 0 Å². The number of halogens is 2. The van der Waals surface area contributed by atoms with Crippen molar-refractivity contribution in [3.63, 3.8) is 0 Å². The molecule has 0 bridgehead atoms. The van der Waals surface area contributed by atoms with Gasteiger partial charge in [0, 0.05) is 11.3 Å². The SMILES string of the molecule is CCc1c(C)nc(CCl)nc1Cl. The second-order valence-electron chi connectivity index (χ2n) is 2.48. The fourth-order valence-electron chi connectivity index (χ4n) is 1.08. The lowest BCUT2D eigenvalue weighted by Crippen LogP contribution is -2.00. The molecule has 0 saturated heterocycles. The average molecular weight is 205 g/mol. The summed E-state index contributed by atoms with van der Waals surface area (Å²) in [4.78, 5) is 8.24. The summed E-state index contributed by atoms with van der Waals surface area (Å²) < 4.78 is 0. The molecule has 0 unspecified atom stereocenters. The first kappa shape index (κ1) is 9.75. The quantitative estimate of drug-likeness (QED) is 0.548. The van der Waals surface area contributed by atoms with Crippen molar-refractivity contribution in [3.8, 4) is 0 Å². The topological polar surface area (TPSA) is 25.8 Å². The van der Waals surface area contributed by atoms with E-state index in [4.69, 9.17) is 23.2 Å². The molecule has 0 amide bonds. The Hall–Kier alpha value is -0.340. The van der Waals surface area contributed by atoms with Crippen molar-refractivity contribution in [2.45, 2.75) is 26.1 Å². The van der Waals surface area contributed by atoms with Crippen LogP contribution in [0.4, 0.5) is 0 Å². The number of aromatic nitrogens is 2. The van der Waals surface area contributed by atoms with Gasteiger partial charge in [-0.1, -0.05) is 18.5 Å². The Morgan fingerprint density at radius 2 is 2.00 bits per heavy atom. The van der Waals surface area contributed by atoms with E-state index in [1.807, 2.05) is 13.8 Å². The zero-order chi connectivity index (χ0) is 9.14. The van der Waals surface area contributed by atoms with Crippen LogP contribution in [0.3, 0.4) is 0 Å². The van der Waals surface area contributed by atoms with E-state index in [2.05, 4.69) is 9.97 Å². The summed E-state index contributed by atoms with van der Waals surface area (Å²) in [5, 5.41) is 0.528. The van der Waals surface area contributed by atoms with Gasteiger partial charge in [0.1, 0.15) is 11.0 Å². The van der Waals surface area contributed by atoms with Gasteiger partial charge >= 0.3 is 0 Å². The summed E-state index contributed by atoms with van der Waals surface area (Å²) >= 11 is 11.5. The molecule has 1 rings (SSSR count). The van der Waals surface area contributed by atoms with Gasteiger partial charge in [-0.05, 0) is 13.3 Å². The van der Waals surface area contributed by atoms with Crippen molar-refractivity contribution >= 4 is 23.2 Å². The maximum Gasteiger partial charge on any atom is 0.145 e. The highest BCUT2D eigenvalue weighted by Gasteiger charge is 2.06. The van der Waals surface area contributed by atoms with Gasteiger partial charge < -0.3 is 0 Å². The molecule has 0 fully saturated rings. The molecule has 1 aromatic rings. The minimum absolute atomic E-state index is 0.310. The molecule has 4 heteroatoms. The molecule has 0 aromatic carbocycles. The molecular formula is C8H10Cl2N2. The number of nitrogens with zero attached hydrogens (tertiary/aromatic N) is 2. The standard InChI is InChI=1S/C8H10Cl2N2/c1-3-6-5(2)11-7(4-9)12-8(6)10/h3-4H2,1-2H3. The highest BCUT2D eigenvalue weighted by molar-refractivity contribution is 6.30. The first-order chi connectivity index (χ1) is 5.69. The van der Waals surface area contributed by atoms with E-state index in [1.54, 1.807) is 0 Å². The third-order valence-corrected chi connectivity index (χ3v) is 2.23. The third-order valence-electron chi connectivity index (χ3n) is 1.68. The number of rotatable bonds is 2. The highest BCUT2D eigenvalue weighted by Crippen LogP contribution is 2.17. The smallest absolute Gasteiger partial charge is 0.145 e. The highest BCUT2D eigenvalue weighted by atomic mass is 35.5. The third kappa shape index (κ3) is 1.87. The molecule has 0 atom stereocenters. The molecule has 1 aromatic heterocycles. The molecule has 1 heterocycles. The number of hydrogen-bond donors (Lipinski definition) is 0. The van der Waals surface area contributed by atoms with Gasteiger partial charge in [-0.3, -0.25) is 0 Å². The molecule has 2 nitrogen and oxygen atoms in total. The summed E-state index contributed by atoms with van der Waals surface area (Å²) in [5.41, 5.74) is 1.93. The maximum atomic E-state index is 5.90. The van der Waals surface area contributed by atoms with Crippen molar-refractivity contribution in [3.05, 3.63) is 22.2 Å². The van der Waals surface area contributed by atoms with Crippen LogP contribution in [0.1, 0.15) is 24.0 Å². The van der Waals surface area contributed by atoms with E-state index in [-0.39, 0.29) is 0 Å². The maximum absolute atomic E-state index is 5.90. The Bertz CT molecular complexity index is 263. The molecule has 0 N–H and O–H groups in total. The molecule has 66 valence electrons. The normalized spacial score (nSPS) is 10.3. The fourth-order valence-corrected chi connectivity index (χ4v) is 1.57. The minimum Gasteiger partial charge on any atom is -0.237 e. The lowest BCUT2D eigenvalue weighted by Gasteiger charge is -2.05. The van der Waals surface area contributed by atoms with Crippen LogP contribution in [0.2, 0.25) is 5.15 Å². The van der Waals surface area contributed by atoms with Gasteiger partial charge in [-0.25, -0.2) is 9.97 Å². The summed E-state index contributed by atoms with van der Waals surface area (Å²) in [6.45, 7) is 3.94. The van der Waals surface area contributed by atoms with Crippen LogP contribution in [-0.2, 0) is 12.3 Å². The molecule has 12 heavy (non-hydrogen) atoms. The number of alkyl halides is 1. The number of aryl methyl sites for hydroxylation is 1. The van der Waals surface area contributed by atoms with Gasteiger partial charge in [0.25, 0.3) is 0 Å². The largest absolute Gasteiger partial charge is 0.237 e. The van der Waals surface area contributed by atoms with Gasteiger partial charge in [-0.2, -0.15) is 0 Å². The Morgan fingerprint density at radius 3 is 2.42 bits per heavy atom. The van der Waals surface area contributed by atoms with Crippen LogP contribution in [0, 0.1) is 6.92 Å². The van der Waals surface area contributed by atoms with E-state index in [0.717, 1.165) is 17.7 Å². The predicted octanol–water partition coefficient (Wildman–Crippen LogP) is 2.74. The lowest BCUT2D eigenvalue weighted by atomic mass is 10.2. The lowest BCUT2D eigenvalue weighted by molar-refractivity contribution is 0.936. The molecular weight excluding hydrogens is 195 g/mol. The Labute approximate surface area is 81.9 Å². The first-order valence-electron chi connectivity index (χ1n) is 3.76. The van der Waals surface area contributed by atoms with Gasteiger partial charge in [0.15, 0.2) is 0 Å². The molecule has 0 aliphatic heterocycles. The Kier molecular flexibility index (Phi) is 3.29. The molecule has 0 aliphatic rings. The van der Waals surface area contributed by atoms with Crippen LogP contribution in [-0.4, -0.2) is 9.97 Å². The van der Waals surface area contributed by atoms with E-state index in [9.17, 15) is 0 Å². The second-order valence-corrected chi connectivity index (χ2v) is 3.11. The van der Waals surface area contributed by atoms with Crippen LogP contribution in [0.15, 0.2) is 0 Å². The summed E-state index contributed by atoms with van der Waals surface area (Å²) in [5.74, 6) is 0.904. The van der Waals surface area contributed by atoms with Gasteiger partial charge in [0.2, 0.25) is 0 Å². The van der Waals surface area contributed by atoms with Crippen molar-refractivity contribution in [2.24, 2.45) is 0 Å². The predicted molar refractivity (Wildman–Crippen MR) is 50.7 cm³/mol. The zero-order valence-electron chi connectivity index (χ0n) is 7.06. The number of hydrogen-bond acceptors (Lipinski definition) is 2. The van der Waals surface area contributed by atoms with Crippen molar-refractivity contribution in [1.29, 1.82) is 0 Å². The minimum atomic E-state index is 0.310. The molecule has 0 aliphatic carbocycles. The second kappa shape index (κ2) is 4.06. The van der Waals surface area contributed by atoms with Crippen molar-refractivity contribution in [2.75, 3.05) is 0 Å². The molecule has 0 saturated carbocycles. The van der Waals surface area contributed by atoms with Crippen LogP contribution >= 0.6 is 23.2 Å². The summed E-state index contributed by atoms with van der Waals surface area (Å²) in [7, 11) is 0. The summed E-state index contributed by atoms with van der Waals surface area (Å²) in [6.07, 6.45) is 0.854. The van der Waals surface area contributed by atoms with Crippen LogP contribution < -0.4 is 0 Å². The molecule has 0 spiro atoms. The Morgan fingerprint density at radius 1 is 1.33 bits per heavy atom. The van der Waals surface area contributed by atoms with E-state index >= 15 is 0 Å². The summed E-state index contributed by atoms with van der Waals surface area (Å²) in [6, 6.07) is 0. The molecule has 0 radical (unpaired) electrons.